The van der Waals surface area contributed by atoms with Crippen molar-refractivity contribution in [2.45, 2.75) is 12.1 Å². The summed E-state index contributed by atoms with van der Waals surface area (Å²) in [5.74, 6) is -0.195. The highest BCUT2D eigenvalue weighted by molar-refractivity contribution is 7.99. The molecule has 1 amide bonds. The van der Waals surface area contributed by atoms with Crippen molar-refractivity contribution < 1.29 is 4.79 Å². The Kier molecular flexibility index (Phi) is 2.78. The zero-order valence-corrected chi connectivity index (χ0v) is 9.78. The molecule has 0 radical (unpaired) electrons. The maximum Gasteiger partial charge on any atom is 0.227 e. The second kappa shape index (κ2) is 4.09. The van der Waals surface area contributed by atoms with Gasteiger partial charge in [-0.05, 0) is 6.92 Å². The fraction of sp³-hybridized carbons (Fsp3) is 0.333. The van der Waals surface area contributed by atoms with E-state index in [1.54, 1.807) is 6.33 Å². The molecule has 6 nitrogen and oxygen atoms in total. The third-order valence-electron chi connectivity index (χ3n) is 2.06. The molecule has 7 heteroatoms. The molecule has 2 aromatic rings. The van der Waals surface area contributed by atoms with Crippen molar-refractivity contribution in [2.75, 3.05) is 5.75 Å². The summed E-state index contributed by atoms with van der Waals surface area (Å²) in [6, 6.07) is 0. The Morgan fingerprint density at radius 3 is 3.00 bits per heavy atom. The van der Waals surface area contributed by atoms with Gasteiger partial charge in [0.15, 0.2) is 10.8 Å². The molecule has 0 aromatic carbocycles. The Balaban J connectivity index is 2.40. The number of imidazole rings is 1. The van der Waals surface area contributed by atoms with Crippen LogP contribution in [-0.4, -0.2) is 31.2 Å². The number of fused-ring (bicyclic) bond motifs is 1. The normalized spacial score (nSPS) is 10.9. The van der Waals surface area contributed by atoms with Crippen LogP contribution in [-0.2, 0) is 11.8 Å². The summed E-state index contributed by atoms with van der Waals surface area (Å²) in [6.45, 7) is 1.87. The van der Waals surface area contributed by atoms with Gasteiger partial charge in [-0.2, -0.15) is 0 Å². The van der Waals surface area contributed by atoms with Gasteiger partial charge in [-0.1, -0.05) is 11.8 Å². The molecule has 2 N–H and O–H groups in total. The van der Waals surface area contributed by atoms with Crippen LogP contribution in [0.15, 0.2) is 11.5 Å². The average Bonchev–Trinajstić information content (AvgIpc) is 2.58. The van der Waals surface area contributed by atoms with Gasteiger partial charge in [0.2, 0.25) is 5.91 Å². The summed E-state index contributed by atoms with van der Waals surface area (Å²) in [7, 11) is 1.87. The molecule has 0 saturated heterocycles. The zero-order valence-electron chi connectivity index (χ0n) is 8.97. The van der Waals surface area contributed by atoms with Crippen LogP contribution in [0.5, 0.6) is 0 Å². The maximum absolute atomic E-state index is 10.7. The zero-order chi connectivity index (χ0) is 11.7. The summed E-state index contributed by atoms with van der Waals surface area (Å²) in [6.07, 6.45) is 1.69. The lowest BCUT2D eigenvalue weighted by Crippen LogP contribution is -2.13. The number of carbonyl (C=O) groups is 1. The lowest BCUT2D eigenvalue weighted by atomic mass is 10.4. The number of amides is 1. The van der Waals surface area contributed by atoms with E-state index in [0.717, 1.165) is 16.9 Å². The van der Waals surface area contributed by atoms with E-state index in [9.17, 15) is 4.79 Å². The van der Waals surface area contributed by atoms with E-state index < -0.39 is 0 Å². The van der Waals surface area contributed by atoms with Crippen molar-refractivity contribution in [1.82, 2.24) is 19.5 Å². The molecule has 0 atom stereocenters. The SMILES string of the molecule is Cc1nc(SCC(N)=O)nc2c1ncn2C. The Morgan fingerprint density at radius 1 is 1.56 bits per heavy atom. The number of aryl methyl sites for hydroxylation is 2. The number of hydrogen-bond acceptors (Lipinski definition) is 5. The van der Waals surface area contributed by atoms with E-state index in [2.05, 4.69) is 15.0 Å². The Morgan fingerprint density at radius 2 is 2.31 bits per heavy atom. The van der Waals surface area contributed by atoms with E-state index >= 15 is 0 Å². The predicted octanol–water partition coefficient (Wildman–Crippen LogP) is 0.249. The van der Waals surface area contributed by atoms with Crippen molar-refractivity contribution in [3.05, 3.63) is 12.0 Å². The van der Waals surface area contributed by atoms with Gasteiger partial charge in [-0.25, -0.2) is 15.0 Å². The first-order valence-electron chi connectivity index (χ1n) is 4.64. The van der Waals surface area contributed by atoms with Crippen LogP contribution in [0.1, 0.15) is 5.69 Å². The largest absolute Gasteiger partial charge is 0.369 e. The highest BCUT2D eigenvalue weighted by Crippen LogP contribution is 2.18. The first-order chi connectivity index (χ1) is 7.58. The van der Waals surface area contributed by atoms with Gasteiger partial charge in [0, 0.05) is 7.05 Å². The van der Waals surface area contributed by atoms with E-state index in [0.29, 0.717) is 5.16 Å². The van der Waals surface area contributed by atoms with E-state index in [4.69, 9.17) is 5.73 Å². The lowest BCUT2D eigenvalue weighted by Gasteiger charge is -2.01. The van der Waals surface area contributed by atoms with Crippen LogP contribution in [0.4, 0.5) is 0 Å². The predicted molar refractivity (Wildman–Crippen MR) is 61.0 cm³/mol. The first-order valence-corrected chi connectivity index (χ1v) is 5.63. The third-order valence-corrected chi connectivity index (χ3v) is 2.93. The van der Waals surface area contributed by atoms with E-state index in [1.807, 2.05) is 18.5 Å². The summed E-state index contributed by atoms with van der Waals surface area (Å²) < 4.78 is 1.82. The van der Waals surface area contributed by atoms with Gasteiger partial charge in [-0.3, -0.25) is 4.79 Å². The molecule has 0 bridgehead atoms. The Hall–Kier alpha value is -1.63. The molecule has 0 aliphatic carbocycles. The number of hydrogen-bond donors (Lipinski definition) is 1. The monoisotopic (exact) mass is 237 g/mol. The number of thioether (sulfide) groups is 1. The molecule has 0 spiro atoms. The van der Waals surface area contributed by atoms with Gasteiger partial charge in [0.05, 0.1) is 17.8 Å². The number of nitrogens with two attached hydrogens (primary N) is 1. The van der Waals surface area contributed by atoms with Crippen LogP contribution in [0, 0.1) is 6.92 Å². The molecule has 0 unspecified atom stereocenters. The average molecular weight is 237 g/mol. The number of rotatable bonds is 3. The van der Waals surface area contributed by atoms with Gasteiger partial charge in [0.1, 0.15) is 5.52 Å². The topological polar surface area (TPSA) is 86.7 Å². The fourth-order valence-electron chi connectivity index (χ4n) is 1.32. The van der Waals surface area contributed by atoms with Gasteiger partial charge in [-0.15, -0.1) is 0 Å². The van der Waals surface area contributed by atoms with E-state index in [1.165, 1.54) is 11.8 Å². The molecule has 16 heavy (non-hydrogen) atoms. The minimum Gasteiger partial charge on any atom is -0.369 e. The molecular formula is C9H11N5OS. The summed E-state index contributed by atoms with van der Waals surface area (Å²) in [5, 5.41) is 0.549. The molecule has 2 rings (SSSR count). The van der Waals surface area contributed by atoms with Crippen LogP contribution in [0.2, 0.25) is 0 Å². The smallest absolute Gasteiger partial charge is 0.227 e. The molecule has 0 aliphatic rings. The minimum atomic E-state index is -0.378. The third kappa shape index (κ3) is 1.99. The van der Waals surface area contributed by atoms with Crippen LogP contribution < -0.4 is 5.73 Å². The van der Waals surface area contributed by atoms with Gasteiger partial charge >= 0.3 is 0 Å². The summed E-state index contributed by atoms with van der Waals surface area (Å²) in [4.78, 5) is 23.4. The fourth-order valence-corrected chi connectivity index (χ4v) is 1.95. The molecule has 0 fully saturated rings. The van der Waals surface area contributed by atoms with Crippen molar-refractivity contribution in [1.29, 1.82) is 0 Å². The van der Waals surface area contributed by atoms with Crippen LogP contribution >= 0.6 is 11.8 Å². The minimum absolute atomic E-state index is 0.183. The number of nitrogens with zero attached hydrogens (tertiary/aromatic N) is 4. The van der Waals surface area contributed by atoms with E-state index in [-0.39, 0.29) is 11.7 Å². The molecule has 0 saturated carbocycles. The molecular weight excluding hydrogens is 226 g/mol. The molecule has 0 aliphatic heterocycles. The number of aromatic nitrogens is 4. The molecule has 2 aromatic heterocycles. The highest BCUT2D eigenvalue weighted by atomic mass is 32.2. The molecule has 84 valence electrons. The standard InChI is InChI=1S/C9H11N5OS/c1-5-7-8(14(2)4-11-7)13-9(12-5)16-3-6(10)15/h4H,3H2,1-2H3,(H2,10,15). The second-order valence-corrected chi connectivity index (χ2v) is 4.32. The van der Waals surface area contributed by atoms with Crippen LogP contribution in [0.3, 0.4) is 0 Å². The highest BCUT2D eigenvalue weighted by Gasteiger charge is 2.09. The van der Waals surface area contributed by atoms with Crippen molar-refractivity contribution >= 4 is 28.8 Å². The van der Waals surface area contributed by atoms with Gasteiger partial charge in [0.25, 0.3) is 0 Å². The number of carbonyl (C=O) groups excluding carboxylic acids is 1. The maximum atomic E-state index is 10.7. The molecule has 2 heterocycles. The van der Waals surface area contributed by atoms with Crippen molar-refractivity contribution in [3.8, 4) is 0 Å². The Labute approximate surface area is 96.3 Å². The lowest BCUT2D eigenvalue weighted by molar-refractivity contribution is -0.115. The first kappa shape index (κ1) is 10.9. The van der Waals surface area contributed by atoms with Crippen LogP contribution in [0.25, 0.3) is 11.2 Å². The quantitative estimate of drug-likeness (QED) is 0.610. The van der Waals surface area contributed by atoms with Crippen molar-refractivity contribution in [3.63, 3.8) is 0 Å². The Bertz CT molecular complexity index is 550. The number of primary amides is 1. The second-order valence-electron chi connectivity index (χ2n) is 3.37. The van der Waals surface area contributed by atoms with Gasteiger partial charge < -0.3 is 10.3 Å². The van der Waals surface area contributed by atoms with Crippen molar-refractivity contribution in [2.24, 2.45) is 12.8 Å². The summed E-state index contributed by atoms with van der Waals surface area (Å²) >= 11 is 1.23. The summed E-state index contributed by atoms with van der Waals surface area (Å²) in [5.41, 5.74) is 7.42.